The number of nitrogens with two attached hydrogens (primary N) is 3. The summed E-state index contributed by atoms with van der Waals surface area (Å²) in [5.41, 5.74) is 16.3. The summed E-state index contributed by atoms with van der Waals surface area (Å²) in [6.45, 7) is 4.86. The van der Waals surface area contributed by atoms with E-state index in [1.807, 2.05) is 0 Å². The zero-order chi connectivity index (χ0) is 25.0. The molecule has 0 aliphatic heterocycles. The number of hydrogen-bond acceptors (Lipinski definition) is 8. The molecule has 11 N–H and O–H groups in total. The van der Waals surface area contributed by atoms with Crippen LogP contribution in [-0.2, 0) is 19.2 Å². The maximum Gasteiger partial charge on any atom is 0.328 e. The smallest absolute Gasteiger partial charge is 0.328 e. The monoisotopic (exact) mass is 477 g/mol. The van der Waals surface area contributed by atoms with E-state index in [9.17, 15) is 29.4 Å². The topological polar surface area (TPSA) is 235 Å². The quantitative estimate of drug-likeness (QED) is 0.0531. The van der Waals surface area contributed by atoms with Gasteiger partial charge in [-0.2, -0.15) is 12.6 Å². The second-order valence-electron chi connectivity index (χ2n) is 7.59. The number of guanidine groups is 1. The zero-order valence-electron chi connectivity index (χ0n) is 18.4. The van der Waals surface area contributed by atoms with Crippen molar-refractivity contribution < 1.29 is 29.4 Å². The van der Waals surface area contributed by atoms with Gasteiger partial charge in [-0.25, -0.2) is 4.79 Å². The SMILES string of the molecule is CC(C)C(N)C(=O)NC(CS)C(=O)NC(CCCN=C(N)N)C(=O)NC(C(=O)O)C(C)O. The minimum absolute atomic E-state index is 0.0548. The van der Waals surface area contributed by atoms with Crippen molar-refractivity contribution in [2.75, 3.05) is 12.3 Å². The van der Waals surface area contributed by atoms with Gasteiger partial charge in [-0.05, 0) is 25.7 Å². The molecular weight excluding hydrogens is 442 g/mol. The second kappa shape index (κ2) is 14.5. The Morgan fingerprint density at radius 2 is 1.50 bits per heavy atom. The minimum Gasteiger partial charge on any atom is -0.480 e. The summed E-state index contributed by atoms with van der Waals surface area (Å²) in [7, 11) is 0. The molecule has 0 aromatic carbocycles. The molecule has 0 aliphatic carbocycles. The standard InChI is InChI=1S/C18H35N7O6S/c1-8(2)12(19)16(29)24-11(7-32)15(28)23-10(5-4-6-22-18(20)21)14(27)25-13(9(3)26)17(30)31/h8-13,26,32H,4-7,19H2,1-3H3,(H,23,28)(H,24,29)(H,25,27)(H,30,31)(H4,20,21,22). The zero-order valence-corrected chi connectivity index (χ0v) is 19.3. The highest BCUT2D eigenvalue weighted by molar-refractivity contribution is 7.80. The molecule has 0 heterocycles. The van der Waals surface area contributed by atoms with E-state index < -0.39 is 54.0 Å². The van der Waals surface area contributed by atoms with Crippen LogP contribution in [0.2, 0.25) is 0 Å². The molecule has 0 spiro atoms. The maximum absolute atomic E-state index is 12.7. The minimum atomic E-state index is -1.58. The lowest BCUT2D eigenvalue weighted by Gasteiger charge is -2.25. The number of amides is 3. The third kappa shape index (κ3) is 10.6. The van der Waals surface area contributed by atoms with Crippen LogP contribution in [0.5, 0.6) is 0 Å². The molecule has 0 saturated carbocycles. The van der Waals surface area contributed by atoms with Crippen molar-refractivity contribution in [2.24, 2.45) is 28.1 Å². The van der Waals surface area contributed by atoms with Gasteiger partial charge in [0.25, 0.3) is 0 Å². The van der Waals surface area contributed by atoms with Crippen LogP contribution < -0.4 is 33.2 Å². The molecule has 0 saturated heterocycles. The molecule has 184 valence electrons. The van der Waals surface area contributed by atoms with Gasteiger partial charge in [-0.15, -0.1) is 0 Å². The summed E-state index contributed by atoms with van der Waals surface area (Å²) in [5.74, 6) is -3.92. The lowest BCUT2D eigenvalue weighted by molar-refractivity contribution is -0.145. The summed E-state index contributed by atoms with van der Waals surface area (Å²) in [6, 6.07) is -4.69. The summed E-state index contributed by atoms with van der Waals surface area (Å²) >= 11 is 4.07. The van der Waals surface area contributed by atoms with E-state index in [1.54, 1.807) is 13.8 Å². The Hall–Kier alpha value is -2.58. The van der Waals surface area contributed by atoms with E-state index in [4.69, 9.17) is 17.2 Å². The first kappa shape index (κ1) is 29.4. The maximum atomic E-state index is 12.7. The van der Waals surface area contributed by atoms with Gasteiger partial charge in [-0.1, -0.05) is 13.8 Å². The van der Waals surface area contributed by atoms with Gasteiger partial charge in [-0.3, -0.25) is 19.4 Å². The van der Waals surface area contributed by atoms with E-state index in [2.05, 4.69) is 33.6 Å². The number of carboxylic acid groups (broad SMARTS) is 1. The summed E-state index contributed by atoms with van der Waals surface area (Å²) in [6.07, 6.45) is -1.05. The molecule has 0 radical (unpaired) electrons. The molecule has 13 nitrogen and oxygen atoms in total. The van der Waals surface area contributed by atoms with Crippen molar-refractivity contribution in [3.8, 4) is 0 Å². The van der Waals surface area contributed by atoms with Crippen LogP contribution in [0, 0.1) is 5.92 Å². The van der Waals surface area contributed by atoms with E-state index >= 15 is 0 Å². The highest BCUT2D eigenvalue weighted by Crippen LogP contribution is 2.04. The first-order chi connectivity index (χ1) is 14.8. The van der Waals surface area contributed by atoms with Crippen molar-refractivity contribution in [3.05, 3.63) is 0 Å². The van der Waals surface area contributed by atoms with Crippen molar-refractivity contribution in [1.29, 1.82) is 0 Å². The number of thiol groups is 1. The lowest BCUT2D eigenvalue weighted by atomic mass is 10.0. The molecule has 0 rings (SSSR count). The first-order valence-electron chi connectivity index (χ1n) is 10.1. The molecule has 0 bridgehead atoms. The van der Waals surface area contributed by atoms with Gasteiger partial charge in [0.2, 0.25) is 17.7 Å². The van der Waals surface area contributed by atoms with Crippen molar-refractivity contribution >= 4 is 42.3 Å². The number of rotatable bonds is 14. The fourth-order valence-corrected chi connectivity index (χ4v) is 2.71. The van der Waals surface area contributed by atoms with Crippen LogP contribution in [0.1, 0.15) is 33.6 Å². The summed E-state index contributed by atoms with van der Waals surface area (Å²) in [5, 5.41) is 25.9. The van der Waals surface area contributed by atoms with Gasteiger partial charge >= 0.3 is 5.97 Å². The number of carbonyl (C=O) groups excluding carboxylic acids is 3. The predicted molar refractivity (Wildman–Crippen MR) is 122 cm³/mol. The number of aliphatic hydroxyl groups is 1. The summed E-state index contributed by atoms with van der Waals surface area (Å²) < 4.78 is 0. The molecule has 3 amide bonds. The fourth-order valence-electron chi connectivity index (χ4n) is 2.45. The third-order valence-electron chi connectivity index (χ3n) is 4.46. The van der Waals surface area contributed by atoms with E-state index in [-0.39, 0.29) is 37.0 Å². The van der Waals surface area contributed by atoms with Crippen molar-refractivity contribution in [2.45, 2.75) is 63.9 Å². The largest absolute Gasteiger partial charge is 0.480 e. The molecule has 5 atom stereocenters. The average Bonchev–Trinajstić information content (AvgIpc) is 2.70. The molecule has 32 heavy (non-hydrogen) atoms. The molecular formula is C18H35N7O6S. The number of aliphatic hydroxyl groups excluding tert-OH is 1. The molecule has 0 fully saturated rings. The van der Waals surface area contributed by atoms with Crippen LogP contribution in [-0.4, -0.2) is 82.4 Å². The van der Waals surface area contributed by atoms with Gasteiger partial charge in [0.05, 0.1) is 12.1 Å². The first-order valence-corrected chi connectivity index (χ1v) is 10.7. The number of hydrogen-bond donors (Lipinski definition) is 9. The number of nitrogens with zero attached hydrogens (tertiary/aromatic N) is 1. The van der Waals surface area contributed by atoms with Gasteiger partial charge < -0.3 is 43.4 Å². The van der Waals surface area contributed by atoms with Gasteiger partial charge in [0, 0.05) is 12.3 Å². The number of carbonyl (C=O) groups is 4. The third-order valence-corrected chi connectivity index (χ3v) is 4.83. The van der Waals surface area contributed by atoms with E-state index in [0.29, 0.717) is 0 Å². The highest BCUT2D eigenvalue weighted by atomic mass is 32.1. The van der Waals surface area contributed by atoms with Crippen molar-refractivity contribution in [1.82, 2.24) is 16.0 Å². The van der Waals surface area contributed by atoms with Crippen LogP contribution in [0.25, 0.3) is 0 Å². The normalized spacial score (nSPS) is 15.6. The molecule has 5 unspecified atom stereocenters. The Morgan fingerprint density at radius 1 is 0.969 bits per heavy atom. The Morgan fingerprint density at radius 3 is 1.94 bits per heavy atom. The average molecular weight is 478 g/mol. The number of carboxylic acids is 1. The molecule has 0 aliphatic rings. The van der Waals surface area contributed by atoms with Crippen molar-refractivity contribution in [3.63, 3.8) is 0 Å². The highest BCUT2D eigenvalue weighted by Gasteiger charge is 2.31. The Balaban J connectivity index is 5.39. The van der Waals surface area contributed by atoms with Crippen LogP contribution >= 0.6 is 12.6 Å². The Bertz CT molecular complexity index is 685. The number of aliphatic imine (C=N–C) groups is 1. The van der Waals surface area contributed by atoms with Crippen LogP contribution in [0.4, 0.5) is 0 Å². The molecule has 0 aromatic heterocycles. The number of aliphatic carboxylic acids is 1. The van der Waals surface area contributed by atoms with Gasteiger partial charge in [0.1, 0.15) is 12.1 Å². The predicted octanol–water partition coefficient (Wildman–Crippen LogP) is -3.13. The molecule has 14 heteroatoms. The Labute approximate surface area is 192 Å². The van der Waals surface area contributed by atoms with Crippen LogP contribution in [0.15, 0.2) is 4.99 Å². The van der Waals surface area contributed by atoms with Crippen LogP contribution in [0.3, 0.4) is 0 Å². The van der Waals surface area contributed by atoms with Gasteiger partial charge in [0.15, 0.2) is 12.0 Å². The molecule has 0 aromatic rings. The van der Waals surface area contributed by atoms with E-state index in [0.717, 1.165) is 0 Å². The fraction of sp³-hybridized carbons (Fsp3) is 0.722. The summed E-state index contributed by atoms with van der Waals surface area (Å²) in [4.78, 5) is 52.6. The number of nitrogens with one attached hydrogen (secondary N) is 3. The second-order valence-corrected chi connectivity index (χ2v) is 7.95. The van der Waals surface area contributed by atoms with E-state index in [1.165, 1.54) is 6.92 Å². The Kier molecular flexibility index (Phi) is 13.3. The lowest BCUT2D eigenvalue weighted by Crippen LogP contribution is -2.59.